The van der Waals surface area contributed by atoms with Gasteiger partial charge in [0.25, 0.3) is 17.7 Å². The van der Waals surface area contributed by atoms with Crippen molar-refractivity contribution in [3.05, 3.63) is 39.9 Å². The number of amidine groups is 1. The summed E-state index contributed by atoms with van der Waals surface area (Å²) < 4.78 is 86.2. The largest absolute Gasteiger partial charge is 0.447 e. The highest BCUT2D eigenvalue weighted by atomic mass is 79.9. The number of hydrogen-bond acceptors (Lipinski definition) is 21. The summed E-state index contributed by atoms with van der Waals surface area (Å²) in [4.78, 5) is 71.9. The maximum Gasteiger partial charge on any atom is 0.407 e. The summed E-state index contributed by atoms with van der Waals surface area (Å²) >= 11 is 2.98. The molecule has 2 aliphatic rings. The van der Waals surface area contributed by atoms with E-state index in [0.29, 0.717) is 142 Å². The van der Waals surface area contributed by atoms with Gasteiger partial charge < -0.3 is 68.5 Å². The first-order chi connectivity index (χ1) is 36.2. The van der Waals surface area contributed by atoms with Crippen molar-refractivity contribution in [2.45, 2.75) is 24.7 Å². The number of fused-ring (bicyclic) bond motifs is 1. The molecule has 0 spiro atoms. The van der Waals surface area contributed by atoms with Gasteiger partial charge in [-0.05, 0) is 40.6 Å². The maximum atomic E-state index is 13.5. The van der Waals surface area contributed by atoms with E-state index in [2.05, 4.69) is 31.6 Å². The van der Waals surface area contributed by atoms with E-state index in [9.17, 15) is 32.4 Å². The molecule has 2 heterocycles. The molecule has 1 aromatic carbocycles. The zero-order valence-corrected chi connectivity index (χ0v) is 45.5. The molecule has 0 unspecified atom stereocenters. The van der Waals surface area contributed by atoms with Crippen molar-refractivity contribution in [1.82, 2.24) is 24.9 Å². The number of halogens is 1. The third kappa shape index (κ3) is 27.4. The summed E-state index contributed by atoms with van der Waals surface area (Å²) in [5.74, 6) is -1.82. The molecule has 0 saturated carbocycles. The van der Waals surface area contributed by atoms with Crippen LogP contribution < -0.4 is 16.4 Å². The SMILES string of the molecule is CCCN(OCCNC(=O)OCCOCCOCCOCCOCCOCCOCCOCCOCCOCCOCCNC(=O)CN1C(=O)C=C(Br)C1=O)C(=O)C1=Cc2ccc(S(=O)(=O)N(C)C)cc2N=C(N)C1. The second-order valence-electron chi connectivity index (χ2n) is 16.0. The summed E-state index contributed by atoms with van der Waals surface area (Å²) in [6, 6.07) is 4.45. The van der Waals surface area contributed by atoms with Crippen LogP contribution in [0.2, 0.25) is 0 Å². The number of nitrogens with two attached hydrogens (primary N) is 1. The monoisotopic (exact) mass is 1150 g/mol. The third-order valence-electron chi connectivity index (χ3n) is 9.94. The van der Waals surface area contributed by atoms with Gasteiger partial charge in [-0.3, -0.25) is 28.9 Å². The van der Waals surface area contributed by atoms with E-state index in [1.807, 2.05) is 6.92 Å². The Morgan fingerprint density at radius 1 is 0.680 bits per heavy atom. The van der Waals surface area contributed by atoms with Gasteiger partial charge in [0.05, 0.1) is 154 Å². The lowest BCUT2D eigenvalue weighted by Crippen LogP contribution is -2.41. The molecule has 75 heavy (non-hydrogen) atoms. The van der Waals surface area contributed by atoms with Gasteiger partial charge in [0.2, 0.25) is 15.9 Å². The number of alkyl carbamates (subject to hydrolysis) is 1. The average Bonchev–Trinajstić information content (AvgIpc) is 3.50. The standard InChI is InChI=1S/C47H74BrN7O19S/c1-4-9-55(45(58)38-32-37-5-6-39(75(61,62)53(2)3)34-41(37)52-42(49)33-38)74-11-8-51-47(60)73-31-30-72-29-28-71-27-26-70-25-24-69-23-22-68-21-20-67-19-18-66-17-16-65-15-14-64-13-12-63-10-7-50-43(56)36-54-44(57)35-40(48)46(54)59/h5-6,32,34-35H,4,7-31,33,36H2,1-3H3,(H2,49,52)(H,50,56)(H,51,60). The number of hydroxylamine groups is 2. The van der Waals surface area contributed by atoms with E-state index in [4.69, 9.17) is 62.7 Å². The van der Waals surface area contributed by atoms with Crippen LogP contribution >= 0.6 is 15.9 Å². The fraction of sp³-hybridized carbons (Fsp3) is 0.660. The van der Waals surface area contributed by atoms with Crippen LogP contribution in [0.3, 0.4) is 0 Å². The number of carbonyl (C=O) groups excluding carboxylic acids is 5. The van der Waals surface area contributed by atoms with E-state index in [0.717, 1.165) is 15.3 Å². The van der Waals surface area contributed by atoms with Crippen LogP contribution in [0.4, 0.5) is 10.5 Å². The van der Waals surface area contributed by atoms with Crippen LogP contribution in [0.5, 0.6) is 0 Å². The first kappa shape index (κ1) is 64.8. The number of sulfonamides is 1. The molecular weight excluding hydrogens is 1080 g/mol. The van der Waals surface area contributed by atoms with Gasteiger partial charge in [-0.15, -0.1) is 0 Å². The molecule has 0 aliphatic carbocycles. The molecule has 0 bridgehead atoms. The second-order valence-corrected chi connectivity index (χ2v) is 19.0. The molecule has 0 aromatic heterocycles. The summed E-state index contributed by atoms with van der Waals surface area (Å²) in [7, 11) is -0.832. The van der Waals surface area contributed by atoms with Crippen LogP contribution in [-0.2, 0) is 86.1 Å². The number of aliphatic imine (C=N–C) groups is 1. The highest BCUT2D eigenvalue weighted by Gasteiger charge is 2.31. The Labute approximate surface area is 446 Å². The van der Waals surface area contributed by atoms with Crippen molar-refractivity contribution in [2.75, 3.05) is 186 Å². The van der Waals surface area contributed by atoms with E-state index >= 15 is 0 Å². The summed E-state index contributed by atoms with van der Waals surface area (Å²) in [6.45, 7) is 9.75. The summed E-state index contributed by atoms with van der Waals surface area (Å²) in [5.41, 5.74) is 7.29. The van der Waals surface area contributed by atoms with Crippen molar-refractivity contribution < 1.29 is 89.3 Å². The molecule has 0 radical (unpaired) electrons. The summed E-state index contributed by atoms with van der Waals surface area (Å²) in [5, 5.41) is 6.36. The maximum absolute atomic E-state index is 13.5. The number of carbonyl (C=O) groups is 5. The normalized spacial score (nSPS) is 13.6. The predicted molar refractivity (Wildman–Crippen MR) is 273 cm³/mol. The minimum absolute atomic E-state index is 0.0109. The first-order valence-electron chi connectivity index (χ1n) is 24.5. The average molecular weight is 1150 g/mol. The number of benzene rings is 1. The van der Waals surface area contributed by atoms with Crippen LogP contribution in [0.15, 0.2) is 44.2 Å². The zero-order valence-electron chi connectivity index (χ0n) is 43.1. The lowest BCUT2D eigenvalue weighted by molar-refractivity contribution is -0.181. The van der Waals surface area contributed by atoms with Gasteiger partial charge in [-0.2, -0.15) is 0 Å². The Morgan fingerprint density at radius 3 is 1.60 bits per heavy atom. The van der Waals surface area contributed by atoms with Crippen molar-refractivity contribution in [3.8, 4) is 0 Å². The molecule has 2 aliphatic heterocycles. The highest BCUT2D eigenvalue weighted by molar-refractivity contribution is 9.12. The summed E-state index contributed by atoms with van der Waals surface area (Å²) in [6.07, 6.45) is 2.71. The van der Waals surface area contributed by atoms with Gasteiger partial charge in [0.1, 0.15) is 19.0 Å². The van der Waals surface area contributed by atoms with Crippen LogP contribution in [0.25, 0.3) is 6.08 Å². The number of rotatable bonds is 44. The van der Waals surface area contributed by atoms with E-state index in [1.165, 1.54) is 31.3 Å². The molecule has 28 heteroatoms. The Balaban J connectivity index is 1.01. The first-order valence-corrected chi connectivity index (χ1v) is 26.7. The van der Waals surface area contributed by atoms with Gasteiger partial charge in [0, 0.05) is 57.4 Å². The number of ether oxygens (including phenoxy) is 11. The molecule has 4 N–H and O–H groups in total. The Kier molecular flexibility index (Phi) is 33.6. The molecule has 0 fully saturated rings. The lowest BCUT2D eigenvalue weighted by atomic mass is 10.1. The Hall–Kier alpha value is -4.53. The smallest absolute Gasteiger partial charge is 0.407 e. The zero-order chi connectivity index (χ0) is 54.5. The second kappa shape index (κ2) is 38.9. The topological polar surface area (TPSA) is 302 Å². The van der Waals surface area contributed by atoms with Crippen molar-refractivity contribution in [1.29, 1.82) is 0 Å². The van der Waals surface area contributed by atoms with Crippen molar-refractivity contribution >= 4 is 73.3 Å². The predicted octanol–water partition coefficient (Wildman–Crippen LogP) is 0.539. The van der Waals surface area contributed by atoms with Gasteiger partial charge in [-0.25, -0.2) is 27.6 Å². The number of imide groups is 1. The fourth-order valence-corrected chi connectivity index (χ4v) is 7.52. The molecule has 0 atom stereocenters. The molecule has 26 nitrogen and oxygen atoms in total. The highest BCUT2D eigenvalue weighted by Crippen LogP contribution is 2.30. The van der Waals surface area contributed by atoms with Crippen LogP contribution in [0.1, 0.15) is 25.3 Å². The van der Waals surface area contributed by atoms with E-state index in [1.54, 1.807) is 12.1 Å². The quantitative estimate of drug-likeness (QED) is 0.0456. The fourth-order valence-electron chi connectivity index (χ4n) is 6.19. The molecule has 3 rings (SSSR count). The van der Waals surface area contributed by atoms with Crippen LogP contribution in [0, 0.1) is 0 Å². The van der Waals surface area contributed by atoms with Crippen molar-refractivity contribution in [2.24, 2.45) is 10.7 Å². The Morgan fingerprint density at radius 2 is 1.15 bits per heavy atom. The van der Waals surface area contributed by atoms with E-state index < -0.39 is 39.7 Å². The molecule has 0 saturated heterocycles. The van der Waals surface area contributed by atoms with Gasteiger partial charge in [-0.1, -0.05) is 13.0 Å². The van der Waals surface area contributed by atoms with Gasteiger partial charge in [0.15, 0.2) is 0 Å². The van der Waals surface area contributed by atoms with Crippen LogP contribution in [-0.4, -0.2) is 244 Å². The molecule has 424 valence electrons. The Bertz CT molecular complexity index is 2100. The number of amides is 5. The van der Waals surface area contributed by atoms with Crippen molar-refractivity contribution in [3.63, 3.8) is 0 Å². The molecule has 1 aromatic rings. The molecular formula is C47H74BrN7O19S. The van der Waals surface area contributed by atoms with E-state index in [-0.39, 0.29) is 74.2 Å². The minimum Gasteiger partial charge on any atom is -0.447 e. The minimum atomic E-state index is -3.70. The third-order valence-corrected chi connectivity index (χ3v) is 12.3. The number of nitrogens with one attached hydrogen (secondary N) is 2. The molecule has 5 amide bonds. The number of hydrogen-bond donors (Lipinski definition) is 3. The lowest BCUT2D eigenvalue weighted by Gasteiger charge is -2.22. The van der Waals surface area contributed by atoms with Gasteiger partial charge >= 0.3 is 6.09 Å². The number of nitrogens with zero attached hydrogens (tertiary/aromatic N) is 4.